The second kappa shape index (κ2) is 7.78. The molecule has 2 saturated carbocycles. The van der Waals surface area contributed by atoms with Crippen LogP contribution < -0.4 is 5.32 Å². The van der Waals surface area contributed by atoms with Gasteiger partial charge < -0.3 is 15.2 Å². The van der Waals surface area contributed by atoms with E-state index in [-0.39, 0.29) is 12.5 Å². The highest BCUT2D eigenvalue weighted by Gasteiger charge is 2.47. The molecule has 1 unspecified atom stereocenters. The van der Waals surface area contributed by atoms with Gasteiger partial charge in [0.05, 0.1) is 0 Å². The number of hydrogen-bond acceptors (Lipinski definition) is 3. The molecule has 0 aliphatic heterocycles. The van der Waals surface area contributed by atoms with Crippen LogP contribution in [-0.2, 0) is 9.53 Å². The van der Waals surface area contributed by atoms with E-state index < -0.39 is 18.1 Å². The predicted octanol–water partition coefficient (Wildman–Crippen LogP) is 4.80. The lowest BCUT2D eigenvalue weighted by molar-refractivity contribution is -0.139. The number of benzene rings is 2. The van der Waals surface area contributed by atoms with Crippen LogP contribution in [-0.4, -0.2) is 29.8 Å². The molecule has 156 valence electrons. The Hall–Kier alpha value is -2.82. The Bertz CT molecular complexity index is 922. The van der Waals surface area contributed by atoms with Crippen LogP contribution in [0.25, 0.3) is 11.1 Å². The number of aliphatic carboxylic acids is 1. The predicted molar refractivity (Wildman–Crippen MR) is 113 cm³/mol. The maximum absolute atomic E-state index is 12.4. The monoisotopic (exact) mass is 405 g/mol. The number of nitrogens with one attached hydrogen (secondary N) is 1. The fourth-order valence-electron chi connectivity index (χ4n) is 5.13. The fraction of sp³-hybridized carbons (Fsp3) is 0.440. The number of alkyl carbamates (subject to hydrolysis) is 1. The quantitative estimate of drug-likeness (QED) is 0.661. The third-order valence-corrected chi connectivity index (χ3v) is 6.96. The average Bonchev–Trinajstić information content (AvgIpc) is 3.66. The van der Waals surface area contributed by atoms with E-state index in [2.05, 4.69) is 29.6 Å². The van der Waals surface area contributed by atoms with Crippen LogP contribution in [0.1, 0.15) is 49.1 Å². The van der Waals surface area contributed by atoms with E-state index in [1.54, 1.807) is 0 Å². The number of carboxylic acid groups (broad SMARTS) is 1. The SMILES string of the molecule is O=C(NC(CC[C@@H]1C[C@H]1C1CC1)C(=O)O)OCC1c2ccccc2-c2ccccc21. The van der Waals surface area contributed by atoms with Crippen LogP contribution in [0.15, 0.2) is 48.5 Å². The smallest absolute Gasteiger partial charge is 0.407 e. The van der Waals surface area contributed by atoms with Crippen molar-refractivity contribution in [1.29, 1.82) is 0 Å². The highest BCUT2D eigenvalue weighted by atomic mass is 16.5. The summed E-state index contributed by atoms with van der Waals surface area (Å²) < 4.78 is 5.50. The van der Waals surface area contributed by atoms with E-state index in [1.165, 1.54) is 30.4 Å². The van der Waals surface area contributed by atoms with Crippen LogP contribution in [0.3, 0.4) is 0 Å². The van der Waals surface area contributed by atoms with Crippen molar-refractivity contribution >= 4 is 12.1 Å². The van der Waals surface area contributed by atoms with Crippen molar-refractivity contribution in [2.45, 2.75) is 44.1 Å². The Morgan fingerprint density at radius 1 is 1.03 bits per heavy atom. The first-order valence-electron chi connectivity index (χ1n) is 11.0. The summed E-state index contributed by atoms with van der Waals surface area (Å²) >= 11 is 0. The normalized spacial score (nSPS) is 22.7. The highest BCUT2D eigenvalue weighted by Crippen LogP contribution is 2.56. The zero-order valence-corrected chi connectivity index (χ0v) is 16.9. The van der Waals surface area contributed by atoms with Gasteiger partial charge in [0.25, 0.3) is 0 Å². The maximum Gasteiger partial charge on any atom is 0.407 e. The number of carboxylic acids is 1. The second-order valence-corrected chi connectivity index (χ2v) is 8.94. The number of hydrogen-bond donors (Lipinski definition) is 2. The average molecular weight is 405 g/mol. The van der Waals surface area contributed by atoms with Crippen molar-refractivity contribution < 1.29 is 19.4 Å². The number of ether oxygens (including phenoxy) is 1. The van der Waals surface area contributed by atoms with Gasteiger partial charge in [0, 0.05) is 5.92 Å². The van der Waals surface area contributed by atoms with Crippen LogP contribution in [0.4, 0.5) is 4.79 Å². The van der Waals surface area contributed by atoms with Gasteiger partial charge in [0.15, 0.2) is 0 Å². The molecule has 3 aliphatic rings. The molecule has 2 fully saturated rings. The minimum absolute atomic E-state index is 0.0304. The fourth-order valence-corrected chi connectivity index (χ4v) is 5.13. The van der Waals surface area contributed by atoms with E-state index in [0.29, 0.717) is 12.3 Å². The zero-order valence-electron chi connectivity index (χ0n) is 16.9. The van der Waals surface area contributed by atoms with Crippen molar-refractivity contribution in [2.24, 2.45) is 17.8 Å². The topological polar surface area (TPSA) is 75.6 Å². The summed E-state index contributed by atoms with van der Waals surface area (Å²) in [6.07, 6.45) is 4.57. The minimum atomic E-state index is -0.993. The standard InChI is InChI=1S/C25H27NO4/c27-24(28)23(12-11-16-13-21(16)15-9-10-15)26-25(29)30-14-22-19-7-3-1-5-17(19)18-6-2-4-8-20(18)22/h1-8,15-16,21-23H,9-14H2,(H,26,29)(H,27,28)/t16-,21+,23?/m1/s1. The molecule has 0 spiro atoms. The Balaban J connectivity index is 1.18. The Labute approximate surface area is 176 Å². The van der Waals surface area contributed by atoms with Gasteiger partial charge >= 0.3 is 12.1 Å². The van der Waals surface area contributed by atoms with Gasteiger partial charge in [-0.15, -0.1) is 0 Å². The Morgan fingerprint density at radius 2 is 1.67 bits per heavy atom. The van der Waals surface area contributed by atoms with Gasteiger partial charge in [-0.05, 0) is 72.1 Å². The van der Waals surface area contributed by atoms with Crippen LogP contribution in [0.5, 0.6) is 0 Å². The zero-order chi connectivity index (χ0) is 20.7. The van der Waals surface area contributed by atoms with Gasteiger partial charge in [0.2, 0.25) is 0 Å². The molecule has 3 aliphatic carbocycles. The van der Waals surface area contributed by atoms with Gasteiger partial charge in [0.1, 0.15) is 12.6 Å². The number of rotatable bonds is 8. The molecule has 0 saturated heterocycles. The molecule has 1 amide bonds. The van der Waals surface area contributed by atoms with Crippen molar-refractivity contribution in [1.82, 2.24) is 5.32 Å². The van der Waals surface area contributed by atoms with Crippen LogP contribution in [0.2, 0.25) is 0 Å². The van der Waals surface area contributed by atoms with E-state index in [9.17, 15) is 14.7 Å². The van der Waals surface area contributed by atoms with Gasteiger partial charge in [-0.1, -0.05) is 48.5 Å². The van der Waals surface area contributed by atoms with Gasteiger partial charge in [-0.2, -0.15) is 0 Å². The van der Waals surface area contributed by atoms with Crippen molar-refractivity contribution in [2.75, 3.05) is 6.61 Å². The number of carbonyl (C=O) groups is 2. The largest absolute Gasteiger partial charge is 0.480 e. The summed E-state index contributed by atoms with van der Waals surface area (Å²) in [6.45, 7) is 0.193. The summed E-state index contributed by atoms with van der Waals surface area (Å²) in [5, 5.41) is 12.1. The molecule has 0 heterocycles. The Kier molecular flexibility index (Phi) is 4.97. The van der Waals surface area contributed by atoms with Crippen LogP contribution in [0, 0.1) is 17.8 Å². The molecule has 5 rings (SSSR count). The first-order valence-corrected chi connectivity index (χ1v) is 11.0. The van der Waals surface area contributed by atoms with Gasteiger partial charge in [-0.3, -0.25) is 0 Å². The van der Waals surface area contributed by atoms with Gasteiger partial charge in [-0.25, -0.2) is 9.59 Å². The van der Waals surface area contributed by atoms with E-state index >= 15 is 0 Å². The molecule has 30 heavy (non-hydrogen) atoms. The summed E-state index contributed by atoms with van der Waals surface area (Å²) in [7, 11) is 0. The highest BCUT2D eigenvalue weighted by molar-refractivity contribution is 5.81. The second-order valence-electron chi connectivity index (χ2n) is 8.94. The molecular weight excluding hydrogens is 378 g/mol. The van der Waals surface area contributed by atoms with E-state index in [1.807, 2.05) is 24.3 Å². The summed E-state index contributed by atoms with van der Waals surface area (Å²) in [4.78, 5) is 24.0. The van der Waals surface area contributed by atoms with E-state index in [0.717, 1.165) is 29.4 Å². The molecule has 0 radical (unpaired) electrons. The molecule has 2 N–H and O–H groups in total. The first-order chi connectivity index (χ1) is 14.6. The summed E-state index contributed by atoms with van der Waals surface area (Å²) in [6, 6.07) is 15.4. The van der Waals surface area contributed by atoms with Crippen LogP contribution >= 0.6 is 0 Å². The number of amides is 1. The molecule has 2 aromatic rings. The lowest BCUT2D eigenvalue weighted by Gasteiger charge is -2.17. The van der Waals surface area contributed by atoms with Crippen molar-refractivity contribution in [3.8, 4) is 11.1 Å². The lowest BCUT2D eigenvalue weighted by atomic mass is 9.98. The Morgan fingerprint density at radius 3 is 2.27 bits per heavy atom. The molecule has 5 heteroatoms. The summed E-state index contributed by atoms with van der Waals surface area (Å²) in [5.74, 6) is 1.30. The lowest BCUT2D eigenvalue weighted by Crippen LogP contribution is -2.41. The molecule has 3 atom stereocenters. The third-order valence-electron chi connectivity index (χ3n) is 6.96. The molecular formula is C25H27NO4. The molecule has 2 aromatic carbocycles. The van der Waals surface area contributed by atoms with Crippen molar-refractivity contribution in [3.63, 3.8) is 0 Å². The summed E-state index contributed by atoms with van der Waals surface area (Å²) in [5.41, 5.74) is 4.61. The molecule has 0 aromatic heterocycles. The molecule has 5 nitrogen and oxygen atoms in total. The maximum atomic E-state index is 12.4. The first kappa shape index (κ1) is 19.2. The molecule has 0 bridgehead atoms. The van der Waals surface area contributed by atoms with E-state index in [4.69, 9.17) is 4.74 Å². The van der Waals surface area contributed by atoms with Crippen molar-refractivity contribution in [3.05, 3.63) is 59.7 Å². The third kappa shape index (κ3) is 3.81. The number of carbonyl (C=O) groups excluding carboxylic acids is 1. The minimum Gasteiger partial charge on any atom is -0.480 e. The number of fused-ring (bicyclic) bond motifs is 3.